The number of piperidine rings is 1. The summed E-state index contributed by atoms with van der Waals surface area (Å²) in [4.78, 5) is 14.6. The van der Waals surface area contributed by atoms with Crippen molar-refractivity contribution in [3.8, 4) is 0 Å². The van der Waals surface area contributed by atoms with E-state index < -0.39 is 0 Å². The van der Waals surface area contributed by atoms with Crippen LogP contribution in [-0.4, -0.2) is 49.7 Å². The van der Waals surface area contributed by atoms with Crippen LogP contribution in [0.15, 0.2) is 0 Å². The van der Waals surface area contributed by atoms with E-state index in [-0.39, 0.29) is 31.0 Å². The molecule has 25 heavy (non-hydrogen) atoms. The largest absolute Gasteiger partial charge is 0.368 e. The van der Waals surface area contributed by atoms with Crippen LogP contribution in [0.2, 0.25) is 0 Å². The van der Waals surface area contributed by atoms with Gasteiger partial charge in [0.2, 0.25) is 5.91 Å². The summed E-state index contributed by atoms with van der Waals surface area (Å²) in [5, 5.41) is 3.49. The van der Waals surface area contributed by atoms with Crippen molar-refractivity contribution in [1.29, 1.82) is 0 Å². The molecule has 2 aliphatic heterocycles. The van der Waals surface area contributed by atoms with Gasteiger partial charge in [0.1, 0.15) is 6.61 Å². The predicted octanol–water partition coefficient (Wildman–Crippen LogP) is 3.49. The molecule has 0 bridgehead atoms. The third-order valence-electron chi connectivity index (χ3n) is 6.89. The average molecular weight is 373 g/mol. The predicted molar refractivity (Wildman–Crippen MR) is 104 cm³/mol. The number of likely N-dealkylation sites (tertiary alicyclic amines) is 1. The van der Waals surface area contributed by atoms with Gasteiger partial charge in [0.05, 0.1) is 6.10 Å². The Bertz CT molecular complexity index is 427. The molecule has 146 valence electrons. The van der Waals surface area contributed by atoms with Crippen LogP contribution in [0.25, 0.3) is 0 Å². The molecule has 2 saturated heterocycles. The summed E-state index contributed by atoms with van der Waals surface area (Å²) in [6.45, 7) is 11.3. The summed E-state index contributed by atoms with van der Waals surface area (Å²) in [6.07, 6.45) is 7.53. The maximum atomic E-state index is 12.6. The number of rotatable bonds is 4. The van der Waals surface area contributed by atoms with Crippen molar-refractivity contribution in [2.75, 3.05) is 32.8 Å². The summed E-state index contributed by atoms with van der Waals surface area (Å²) in [6, 6.07) is 0. The summed E-state index contributed by atoms with van der Waals surface area (Å²) in [5.41, 5.74) is 0.471. The maximum Gasteiger partial charge on any atom is 0.248 e. The lowest BCUT2D eigenvalue weighted by Gasteiger charge is -2.40. The minimum absolute atomic E-state index is 0. The first-order valence-electron chi connectivity index (χ1n) is 10.1. The van der Waals surface area contributed by atoms with E-state index in [4.69, 9.17) is 4.74 Å². The number of carbonyl (C=O) groups is 1. The summed E-state index contributed by atoms with van der Waals surface area (Å²) in [7, 11) is 0. The number of hydrogen-bond acceptors (Lipinski definition) is 3. The summed E-state index contributed by atoms with van der Waals surface area (Å²) < 4.78 is 6.16. The maximum absolute atomic E-state index is 12.6. The molecule has 1 saturated carbocycles. The second kappa shape index (κ2) is 9.05. The molecular formula is C20H37ClN2O2. The fourth-order valence-corrected chi connectivity index (χ4v) is 5.03. The number of carbonyl (C=O) groups excluding carboxylic acids is 1. The molecule has 1 aliphatic carbocycles. The standard InChI is InChI=1S/C20H36N2O2.ClH/c1-15(2)17-5-4-16(3)12-18(17)24-13-19(23)22-10-7-20(8-11-22)6-9-21-14-20;/h15-18,21H,4-14H2,1-3H3;1H. The third kappa shape index (κ3) is 5.11. The molecule has 3 atom stereocenters. The molecular weight excluding hydrogens is 336 g/mol. The van der Waals surface area contributed by atoms with Gasteiger partial charge in [0.15, 0.2) is 0 Å². The molecule has 5 heteroatoms. The highest BCUT2D eigenvalue weighted by Crippen LogP contribution is 2.37. The summed E-state index contributed by atoms with van der Waals surface area (Å²) in [5.74, 6) is 2.19. The Labute approximate surface area is 159 Å². The average Bonchev–Trinajstić information content (AvgIpc) is 3.01. The van der Waals surface area contributed by atoms with Gasteiger partial charge in [-0.25, -0.2) is 0 Å². The first-order valence-corrected chi connectivity index (χ1v) is 10.1. The van der Waals surface area contributed by atoms with Crippen LogP contribution < -0.4 is 5.32 Å². The highest BCUT2D eigenvalue weighted by Gasteiger charge is 2.38. The van der Waals surface area contributed by atoms with E-state index in [0.29, 0.717) is 17.3 Å². The molecule has 1 amide bonds. The van der Waals surface area contributed by atoms with Crippen molar-refractivity contribution < 1.29 is 9.53 Å². The second-order valence-corrected chi connectivity index (χ2v) is 8.98. The van der Waals surface area contributed by atoms with Crippen molar-refractivity contribution in [3.05, 3.63) is 0 Å². The Balaban J connectivity index is 0.00000225. The van der Waals surface area contributed by atoms with Crippen LogP contribution in [0, 0.1) is 23.2 Å². The molecule has 0 aromatic carbocycles. The van der Waals surface area contributed by atoms with E-state index in [1.54, 1.807) is 0 Å². The number of hydrogen-bond donors (Lipinski definition) is 1. The van der Waals surface area contributed by atoms with Gasteiger partial charge in [-0.05, 0) is 61.8 Å². The summed E-state index contributed by atoms with van der Waals surface area (Å²) >= 11 is 0. The Morgan fingerprint density at radius 2 is 1.96 bits per heavy atom. The third-order valence-corrected chi connectivity index (χ3v) is 6.89. The minimum Gasteiger partial charge on any atom is -0.368 e. The van der Waals surface area contributed by atoms with Gasteiger partial charge in [-0.3, -0.25) is 4.79 Å². The Kier molecular flexibility index (Phi) is 7.60. The lowest BCUT2D eigenvalue weighted by molar-refractivity contribution is -0.143. The molecule has 3 aliphatic rings. The number of nitrogens with zero attached hydrogens (tertiary/aromatic N) is 1. The molecule has 4 nitrogen and oxygen atoms in total. The second-order valence-electron chi connectivity index (χ2n) is 8.98. The van der Waals surface area contributed by atoms with Gasteiger partial charge in [-0.1, -0.05) is 27.2 Å². The molecule has 0 radical (unpaired) electrons. The Morgan fingerprint density at radius 1 is 1.24 bits per heavy atom. The monoisotopic (exact) mass is 372 g/mol. The highest BCUT2D eigenvalue weighted by atomic mass is 35.5. The van der Waals surface area contributed by atoms with E-state index in [1.165, 1.54) is 19.3 Å². The van der Waals surface area contributed by atoms with Gasteiger partial charge < -0.3 is 15.0 Å². The van der Waals surface area contributed by atoms with Gasteiger partial charge in [-0.15, -0.1) is 12.4 Å². The van der Waals surface area contributed by atoms with Crippen molar-refractivity contribution in [3.63, 3.8) is 0 Å². The lowest BCUT2D eigenvalue weighted by Crippen LogP contribution is -2.46. The van der Waals surface area contributed by atoms with Crippen LogP contribution in [0.5, 0.6) is 0 Å². The zero-order chi connectivity index (χ0) is 17.2. The van der Waals surface area contributed by atoms with Crippen LogP contribution in [0.4, 0.5) is 0 Å². The molecule has 3 unspecified atom stereocenters. The zero-order valence-corrected chi connectivity index (χ0v) is 17.1. The van der Waals surface area contributed by atoms with Crippen LogP contribution in [-0.2, 0) is 9.53 Å². The van der Waals surface area contributed by atoms with E-state index >= 15 is 0 Å². The van der Waals surface area contributed by atoms with Crippen LogP contribution in [0.3, 0.4) is 0 Å². The molecule has 0 aromatic rings. The fraction of sp³-hybridized carbons (Fsp3) is 0.950. The fourth-order valence-electron chi connectivity index (χ4n) is 5.03. The van der Waals surface area contributed by atoms with Crippen molar-refractivity contribution in [2.24, 2.45) is 23.2 Å². The Hall–Kier alpha value is -0.320. The van der Waals surface area contributed by atoms with E-state index in [1.807, 2.05) is 4.90 Å². The molecule has 3 rings (SSSR count). The molecule has 2 heterocycles. The van der Waals surface area contributed by atoms with Gasteiger partial charge >= 0.3 is 0 Å². The highest BCUT2D eigenvalue weighted by molar-refractivity contribution is 5.85. The SMILES string of the molecule is CC1CCC(C(C)C)C(OCC(=O)N2CCC3(CCNC3)CC2)C1.Cl. The normalized spacial score (nSPS) is 32.0. The van der Waals surface area contributed by atoms with Crippen LogP contribution in [0.1, 0.15) is 59.3 Å². The number of nitrogens with one attached hydrogen (secondary N) is 1. The van der Waals surface area contributed by atoms with E-state index in [9.17, 15) is 4.79 Å². The molecule has 0 aromatic heterocycles. The molecule has 1 N–H and O–H groups in total. The van der Waals surface area contributed by atoms with Gasteiger partial charge in [-0.2, -0.15) is 0 Å². The Morgan fingerprint density at radius 3 is 2.56 bits per heavy atom. The van der Waals surface area contributed by atoms with Gasteiger partial charge in [0.25, 0.3) is 0 Å². The van der Waals surface area contributed by atoms with E-state index in [2.05, 4.69) is 26.1 Å². The van der Waals surface area contributed by atoms with Crippen molar-refractivity contribution >= 4 is 18.3 Å². The molecule has 1 spiro atoms. The van der Waals surface area contributed by atoms with Gasteiger partial charge in [0, 0.05) is 19.6 Å². The number of amides is 1. The van der Waals surface area contributed by atoms with Crippen LogP contribution >= 0.6 is 12.4 Å². The number of ether oxygens (including phenoxy) is 1. The zero-order valence-electron chi connectivity index (χ0n) is 16.3. The minimum atomic E-state index is 0. The first-order chi connectivity index (χ1) is 11.5. The van der Waals surface area contributed by atoms with Crippen molar-refractivity contribution in [1.82, 2.24) is 10.2 Å². The van der Waals surface area contributed by atoms with E-state index in [0.717, 1.165) is 51.4 Å². The molecule has 3 fully saturated rings. The topological polar surface area (TPSA) is 41.6 Å². The van der Waals surface area contributed by atoms with Crippen molar-refractivity contribution in [2.45, 2.75) is 65.4 Å². The lowest BCUT2D eigenvalue weighted by atomic mass is 9.75. The quantitative estimate of drug-likeness (QED) is 0.821. The first kappa shape index (κ1) is 21.0. The number of halogens is 1. The smallest absolute Gasteiger partial charge is 0.248 e.